The molecule has 0 amide bonds. The number of amidine groups is 1. The van der Waals surface area contributed by atoms with Crippen LogP contribution in [0.3, 0.4) is 0 Å². The van der Waals surface area contributed by atoms with Crippen LogP contribution >= 0.6 is 0 Å². The van der Waals surface area contributed by atoms with E-state index in [9.17, 15) is 0 Å². The molecule has 58 heavy (non-hydrogen) atoms. The van der Waals surface area contributed by atoms with Gasteiger partial charge in [0.25, 0.3) is 0 Å². The van der Waals surface area contributed by atoms with Gasteiger partial charge in [-0.3, -0.25) is 9.98 Å². The Hall–Kier alpha value is -7.56. The molecule has 0 spiro atoms. The van der Waals surface area contributed by atoms with Crippen molar-refractivity contribution < 1.29 is 0 Å². The monoisotopic (exact) mass is 744 g/mol. The lowest BCUT2D eigenvalue weighted by atomic mass is 9.85. The number of pyridine rings is 1. The van der Waals surface area contributed by atoms with Gasteiger partial charge in [0.15, 0.2) is 5.84 Å². The second-order valence-electron chi connectivity index (χ2n) is 14.2. The Labute approximate surface area is 339 Å². The third kappa shape index (κ3) is 7.52. The van der Waals surface area contributed by atoms with Crippen molar-refractivity contribution in [1.29, 1.82) is 0 Å². The van der Waals surface area contributed by atoms with E-state index in [4.69, 9.17) is 9.98 Å². The molecule has 7 aromatic carbocycles. The van der Waals surface area contributed by atoms with Gasteiger partial charge in [0, 0.05) is 54.1 Å². The standard InChI is InChI=1S/C54H40N4/c1-2-51(42-22-13-21-41(33-42)46-25-15-31-56-37-46)58-54(57-35-38-16-12-20-40(32-38)45-19-10-11-30-55-36-45)44-24-14-23-43(34-44)53-49-28-8-6-26-47(49)52(39-17-4-3-5-18-39)48-27-7-9-29-50(48)53/h2-10,12-37H,11H2,1H3/b51-2-,57-35+,58-54-. The molecule has 0 unspecified atom stereocenters. The van der Waals surface area contributed by atoms with Crippen molar-refractivity contribution in [3.05, 3.63) is 223 Å². The molecule has 9 rings (SSSR count). The number of hydrogen-bond donors (Lipinski definition) is 0. The van der Waals surface area contributed by atoms with Gasteiger partial charge in [-0.15, -0.1) is 0 Å². The molecule has 0 radical (unpaired) electrons. The minimum absolute atomic E-state index is 0.611. The van der Waals surface area contributed by atoms with E-state index in [1.54, 1.807) is 6.20 Å². The van der Waals surface area contributed by atoms with Crippen molar-refractivity contribution >= 4 is 51.1 Å². The highest BCUT2D eigenvalue weighted by atomic mass is 14.9. The van der Waals surface area contributed by atoms with Gasteiger partial charge in [-0.2, -0.15) is 0 Å². The van der Waals surface area contributed by atoms with E-state index < -0.39 is 0 Å². The van der Waals surface area contributed by atoms with E-state index in [1.807, 2.05) is 37.8 Å². The molecular formula is C54H40N4. The molecule has 4 nitrogen and oxygen atoms in total. The zero-order chi connectivity index (χ0) is 39.1. The molecule has 0 fully saturated rings. The fourth-order valence-electron chi connectivity index (χ4n) is 7.74. The van der Waals surface area contributed by atoms with Gasteiger partial charge in [-0.05, 0) is 97.3 Å². The van der Waals surface area contributed by atoms with Crippen LogP contribution in [0, 0.1) is 0 Å². The molecule has 2 heterocycles. The summed E-state index contributed by atoms with van der Waals surface area (Å²) in [6.07, 6.45) is 16.6. The fourth-order valence-corrected chi connectivity index (χ4v) is 7.74. The molecule has 0 saturated heterocycles. The number of aliphatic imine (C=N–C) groups is 3. The molecule has 0 N–H and O–H groups in total. The van der Waals surface area contributed by atoms with Gasteiger partial charge in [0.05, 0.1) is 5.70 Å². The van der Waals surface area contributed by atoms with E-state index in [2.05, 4.69) is 186 Å². The van der Waals surface area contributed by atoms with E-state index in [1.165, 1.54) is 38.2 Å². The van der Waals surface area contributed by atoms with Crippen LogP contribution < -0.4 is 0 Å². The molecule has 1 aromatic heterocycles. The first-order valence-corrected chi connectivity index (χ1v) is 19.6. The second kappa shape index (κ2) is 16.7. The molecule has 276 valence electrons. The molecular weight excluding hydrogens is 705 g/mol. The van der Waals surface area contributed by atoms with Crippen molar-refractivity contribution in [3.63, 3.8) is 0 Å². The molecule has 8 aromatic rings. The Kier molecular flexibility index (Phi) is 10.4. The molecule has 0 bridgehead atoms. The first kappa shape index (κ1) is 36.1. The van der Waals surface area contributed by atoms with Crippen LogP contribution in [0.25, 0.3) is 66.2 Å². The molecule has 0 atom stereocenters. The summed E-state index contributed by atoms with van der Waals surface area (Å²) in [6.45, 7) is 2.03. The lowest BCUT2D eigenvalue weighted by Crippen LogP contribution is -2.01. The maximum atomic E-state index is 5.35. The second-order valence-corrected chi connectivity index (χ2v) is 14.2. The highest BCUT2D eigenvalue weighted by Crippen LogP contribution is 2.43. The number of aromatic nitrogens is 1. The van der Waals surface area contributed by atoms with Crippen molar-refractivity contribution in [2.45, 2.75) is 13.3 Å². The van der Waals surface area contributed by atoms with Gasteiger partial charge < -0.3 is 0 Å². The largest absolute Gasteiger partial charge is 0.268 e. The summed E-state index contributed by atoms with van der Waals surface area (Å²) in [5.41, 5.74) is 12.7. The van der Waals surface area contributed by atoms with E-state index in [0.717, 1.165) is 56.6 Å². The minimum Gasteiger partial charge on any atom is -0.268 e. The van der Waals surface area contributed by atoms with Crippen LogP contribution in [0.4, 0.5) is 0 Å². The van der Waals surface area contributed by atoms with E-state index in [0.29, 0.717) is 5.84 Å². The summed E-state index contributed by atoms with van der Waals surface area (Å²) < 4.78 is 0. The van der Waals surface area contributed by atoms with Crippen molar-refractivity contribution in [1.82, 2.24) is 4.98 Å². The van der Waals surface area contributed by atoms with Crippen LogP contribution in [0.1, 0.15) is 35.6 Å². The third-order valence-electron chi connectivity index (χ3n) is 10.5. The quantitative estimate of drug-likeness (QED) is 0.0868. The normalized spacial score (nSPS) is 13.3. The average molecular weight is 745 g/mol. The summed E-state index contributed by atoms with van der Waals surface area (Å²) in [7, 11) is 0. The van der Waals surface area contributed by atoms with E-state index >= 15 is 0 Å². The van der Waals surface area contributed by atoms with Gasteiger partial charge in [0.1, 0.15) is 0 Å². The van der Waals surface area contributed by atoms with Gasteiger partial charge in [-0.25, -0.2) is 9.98 Å². The first-order valence-electron chi connectivity index (χ1n) is 19.6. The Balaban J connectivity index is 1.20. The first-order chi connectivity index (χ1) is 28.7. The van der Waals surface area contributed by atoms with Crippen LogP contribution in [0.2, 0.25) is 0 Å². The molecule has 4 heteroatoms. The maximum absolute atomic E-state index is 5.35. The number of benzene rings is 7. The topological polar surface area (TPSA) is 50.0 Å². The third-order valence-corrected chi connectivity index (χ3v) is 10.5. The zero-order valence-electron chi connectivity index (χ0n) is 32.2. The summed E-state index contributed by atoms with van der Waals surface area (Å²) in [5.74, 6) is 0.611. The van der Waals surface area contributed by atoms with E-state index in [-0.39, 0.29) is 0 Å². The van der Waals surface area contributed by atoms with Crippen LogP contribution in [0.15, 0.2) is 216 Å². The average Bonchev–Trinajstić information content (AvgIpc) is 3.59. The van der Waals surface area contributed by atoms with Crippen LogP contribution in [0.5, 0.6) is 0 Å². The van der Waals surface area contributed by atoms with Crippen LogP contribution in [-0.2, 0) is 0 Å². The Morgan fingerprint density at radius 2 is 1.19 bits per heavy atom. The van der Waals surface area contributed by atoms with Crippen LogP contribution in [-0.4, -0.2) is 23.2 Å². The zero-order valence-corrected chi connectivity index (χ0v) is 32.2. The number of nitrogens with zero attached hydrogens (tertiary/aromatic N) is 4. The summed E-state index contributed by atoms with van der Waals surface area (Å²) in [6, 6.07) is 57.8. The highest BCUT2D eigenvalue weighted by Gasteiger charge is 2.17. The molecule has 1 aliphatic rings. The highest BCUT2D eigenvalue weighted by molar-refractivity contribution is 6.21. The summed E-state index contributed by atoms with van der Waals surface area (Å²) in [5, 5.41) is 4.83. The van der Waals surface area contributed by atoms with Crippen molar-refractivity contribution in [2.24, 2.45) is 15.0 Å². The van der Waals surface area contributed by atoms with Gasteiger partial charge in [0.2, 0.25) is 0 Å². The number of hydrogen-bond acceptors (Lipinski definition) is 3. The lowest BCUT2D eigenvalue weighted by Gasteiger charge is -2.18. The summed E-state index contributed by atoms with van der Waals surface area (Å²) in [4.78, 5) is 19.3. The molecule has 1 aliphatic heterocycles. The predicted molar refractivity (Wildman–Crippen MR) is 246 cm³/mol. The summed E-state index contributed by atoms with van der Waals surface area (Å²) >= 11 is 0. The SMILES string of the molecule is C\C=C(/N=C(\N=C\c1cccc(C2=CN=CCC=C2)c1)c1cccc(-c2c3ccccc3c(-c3ccccc3)c3ccccc23)c1)c1cccc(-c2cccnc2)c1. The fraction of sp³-hybridized carbons (Fsp3) is 0.0370. The molecule has 0 saturated carbocycles. The Bertz CT molecular complexity index is 2910. The molecule has 0 aliphatic carbocycles. The van der Waals surface area contributed by atoms with Gasteiger partial charge >= 0.3 is 0 Å². The Morgan fingerprint density at radius 3 is 1.91 bits per heavy atom. The maximum Gasteiger partial charge on any atom is 0.159 e. The smallest absolute Gasteiger partial charge is 0.159 e. The lowest BCUT2D eigenvalue weighted by molar-refractivity contribution is 1.33. The predicted octanol–water partition coefficient (Wildman–Crippen LogP) is 13.7. The van der Waals surface area contributed by atoms with Gasteiger partial charge in [-0.1, -0.05) is 158 Å². The minimum atomic E-state index is 0.611. The number of fused-ring (bicyclic) bond motifs is 2. The van der Waals surface area contributed by atoms with Crippen molar-refractivity contribution in [3.8, 4) is 33.4 Å². The number of allylic oxidation sites excluding steroid dienone is 4. The Morgan fingerprint density at radius 1 is 0.569 bits per heavy atom. The number of rotatable bonds is 8. The van der Waals surface area contributed by atoms with Crippen molar-refractivity contribution in [2.75, 3.05) is 0 Å².